The van der Waals surface area contributed by atoms with Gasteiger partial charge in [0.2, 0.25) is 11.8 Å². The van der Waals surface area contributed by atoms with E-state index < -0.39 is 23.6 Å². The van der Waals surface area contributed by atoms with Gasteiger partial charge in [0.05, 0.1) is 17.7 Å². The molecule has 1 heterocycles. The van der Waals surface area contributed by atoms with Gasteiger partial charge in [-0.3, -0.25) is 9.59 Å². The standard InChI is InChI=1S/C15H15F3N4O2/c1-9-11(14(24)22-20-9)6-7-13(23)21-19-8-10-4-2-3-5-12(10)15(16,17)18/h2-5,8,11H,6-7H2,1H3,(H,21,23)(H,22,24)/b19-8+/t11-/m0/s1. The molecule has 0 aromatic heterocycles. The molecule has 2 rings (SSSR count). The SMILES string of the molecule is CC1=NNC(=O)[C@H]1CCC(=O)N/N=C/c1ccccc1C(F)(F)F. The maximum Gasteiger partial charge on any atom is 0.417 e. The molecule has 9 heteroatoms. The fraction of sp³-hybridized carbons (Fsp3) is 0.333. The van der Waals surface area contributed by atoms with Crippen molar-refractivity contribution >= 4 is 23.7 Å². The zero-order chi connectivity index (χ0) is 17.7. The maximum atomic E-state index is 12.8. The lowest BCUT2D eigenvalue weighted by Gasteiger charge is -2.09. The minimum atomic E-state index is -4.50. The maximum absolute atomic E-state index is 12.8. The van der Waals surface area contributed by atoms with Gasteiger partial charge in [0.1, 0.15) is 0 Å². The third-order valence-electron chi connectivity index (χ3n) is 3.48. The largest absolute Gasteiger partial charge is 0.417 e. The Morgan fingerprint density at radius 1 is 1.42 bits per heavy atom. The second kappa shape index (κ2) is 7.24. The first-order valence-corrected chi connectivity index (χ1v) is 7.11. The van der Waals surface area contributed by atoms with E-state index in [9.17, 15) is 22.8 Å². The summed E-state index contributed by atoms with van der Waals surface area (Å²) >= 11 is 0. The molecule has 0 aliphatic carbocycles. The number of rotatable bonds is 5. The summed E-state index contributed by atoms with van der Waals surface area (Å²) in [5.74, 6) is -1.24. The highest BCUT2D eigenvalue weighted by atomic mass is 19.4. The molecule has 0 saturated carbocycles. The molecule has 1 aromatic carbocycles. The van der Waals surface area contributed by atoms with Gasteiger partial charge in [0.25, 0.3) is 0 Å². The first-order chi connectivity index (χ1) is 11.3. The third kappa shape index (κ3) is 4.40. The van der Waals surface area contributed by atoms with Crippen molar-refractivity contribution in [1.29, 1.82) is 0 Å². The van der Waals surface area contributed by atoms with Crippen molar-refractivity contribution in [3.8, 4) is 0 Å². The minimum Gasteiger partial charge on any atom is -0.273 e. The summed E-state index contributed by atoms with van der Waals surface area (Å²) < 4.78 is 38.4. The molecule has 2 amide bonds. The average molecular weight is 340 g/mol. The average Bonchev–Trinajstić information content (AvgIpc) is 2.83. The molecular formula is C15H15F3N4O2. The summed E-state index contributed by atoms with van der Waals surface area (Å²) in [7, 11) is 0. The number of hydrogen-bond acceptors (Lipinski definition) is 4. The van der Waals surface area contributed by atoms with E-state index in [0.29, 0.717) is 5.71 Å². The van der Waals surface area contributed by atoms with Gasteiger partial charge in [0.15, 0.2) is 0 Å². The lowest BCUT2D eigenvalue weighted by atomic mass is 9.99. The minimum absolute atomic E-state index is 0.00318. The molecule has 0 radical (unpaired) electrons. The van der Waals surface area contributed by atoms with Crippen LogP contribution in [0.25, 0.3) is 0 Å². The molecule has 1 atom stereocenters. The monoisotopic (exact) mass is 340 g/mol. The van der Waals surface area contributed by atoms with Gasteiger partial charge in [0, 0.05) is 17.7 Å². The van der Waals surface area contributed by atoms with Crippen LogP contribution in [0.2, 0.25) is 0 Å². The Kier molecular flexibility index (Phi) is 5.32. The molecule has 0 saturated heterocycles. The van der Waals surface area contributed by atoms with Gasteiger partial charge in [-0.1, -0.05) is 18.2 Å². The highest BCUT2D eigenvalue weighted by Gasteiger charge is 2.32. The molecule has 0 bridgehead atoms. The van der Waals surface area contributed by atoms with E-state index in [1.165, 1.54) is 18.2 Å². The van der Waals surface area contributed by atoms with Crippen LogP contribution in [0.5, 0.6) is 0 Å². The van der Waals surface area contributed by atoms with Gasteiger partial charge in [-0.15, -0.1) is 0 Å². The second-order valence-electron chi connectivity index (χ2n) is 5.20. The van der Waals surface area contributed by atoms with E-state index >= 15 is 0 Å². The summed E-state index contributed by atoms with van der Waals surface area (Å²) in [5, 5.41) is 7.30. The number of nitrogens with one attached hydrogen (secondary N) is 2. The number of nitrogens with zero attached hydrogens (tertiary/aromatic N) is 2. The van der Waals surface area contributed by atoms with Crippen LogP contribution < -0.4 is 10.9 Å². The lowest BCUT2D eigenvalue weighted by Crippen LogP contribution is -2.25. The summed E-state index contributed by atoms with van der Waals surface area (Å²) in [6, 6.07) is 4.90. The van der Waals surface area contributed by atoms with E-state index in [1.807, 2.05) is 0 Å². The Morgan fingerprint density at radius 3 is 2.75 bits per heavy atom. The Hall–Kier alpha value is -2.71. The molecule has 1 aliphatic rings. The van der Waals surface area contributed by atoms with E-state index in [0.717, 1.165) is 12.3 Å². The van der Waals surface area contributed by atoms with Crippen molar-refractivity contribution in [2.75, 3.05) is 0 Å². The molecule has 0 fully saturated rings. The van der Waals surface area contributed by atoms with Crippen molar-refractivity contribution < 1.29 is 22.8 Å². The van der Waals surface area contributed by atoms with Crippen molar-refractivity contribution in [2.24, 2.45) is 16.1 Å². The molecule has 1 aromatic rings. The Morgan fingerprint density at radius 2 is 2.12 bits per heavy atom. The second-order valence-corrected chi connectivity index (χ2v) is 5.20. The molecule has 1 aliphatic heterocycles. The molecule has 24 heavy (non-hydrogen) atoms. The lowest BCUT2D eigenvalue weighted by molar-refractivity contribution is -0.137. The molecule has 128 valence electrons. The summed E-state index contributed by atoms with van der Waals surface area (Å²) in [4.78, 5) is 23.1. The van der Waals surface area contributed by atoms with Crippen LogP contribution in [-0.4, -0.2) is 23.7 Å². The Bertz CT molecular complexity index is 698. The van der Waals surface area contributed by atoms with Crippen LogP contribution in [0, 0.1) is 5.92 Å². The van der Waals surface area contributed by atoms with Gasteiger partial charge < -0.3 is 0 Å². The smallest absolute Gasteiger partial charge is 0.273 e. The number of hydrogen-bond donors (Lipinski definition) is 2. The molecule has 0 spiro atoms. The highest BCUT2D eigenvalue weighted by molar-refractivity contribution is 6.07. The summed E-state index contributed by atoms with van der Waals surface area (Å²) in [5.41, 5.74) is 4.07. The number of halogens is 3. The first-order valence-electron chi connectivity index (χ1n) is 7.11. The van der Waals surface area contributed by atoms with Gasteiger partial charge in [-0.05, 0) is 19.4 Å². The highest BCUT2D eigenvalue weighted by Crippen LogP contribution is 2.31. The molecule has 0 unspecified atom stereocenters. The van der Waals surface area contributed by atoms with Crippen molar-refractivity contribution in [1.82, 2.24) is 10.9 Å². The zero-order valence-electron chi connectivity index (χ0n) is 12.7. The first kappa shape index (κ1) is 17.6. The Labute approximate surface area is 135 Å². The van der Waals surface area contributed by atoms with Crippen molar-refractivity contribution in [3.05, 3.63) is 35.4 Å². The van der Waals surface area contributed by atoms with Crippen LogP contribution in [-0.2, 0) is 15.8 Å². The quantitative estimate of drug-likeness (QED) is 0.635. The van der Waals surface area contributed by atoms with E-state index in [4.69, 9.17) is 0 Å². The number of amides is 2. The fourth-order valence-corrected chi connectivity index (χ4v) is 2.20. The van der Waals surface area contributed by atoms with Crippen LogP contribution in [0.4, 0.5) is 13.2 Å². The molecular weight excluding hydrogens is 325 g/mol. The molecule has 6 nitrogen and oxygen atoms in total. The fourth-order valence-electron chi connectivity index (χ4n) is 2.20. The number of alkyl halides is 3. The predicted octanol–water partition coefficient (Wildman–Crippen LogP) is 2.06. The van der Waals surface area contributed by atoms with Gasteiger partial charge in [-0.25, -0.2) is 10.9 Å². The van der Waals surface area contributed by atoms with E-state index in [2.05, 4.69) is 21.1 Å². The van der Waals surface area contributed by atoms with Crippen molar-refractivity contribution in [3.63, 3.8) is 0 Å². The predicted molar refractivity (Wildman–Crippen MR) is 81.2 cm³/mol. The molecule has 2 N–H and O–H groups in total. The van der Waals surface area contributed by atoms with Crippen LogP contribution >= 0.6 is 0 Å². The van der Waals surface area contributed by atoms with Gasteiger partial charge in [-0.2, -0.15) is 23.4 Å². The van der Waals surface area contributed by atoms with Crippen molar-refractivity contribution in [2.45, 2.75) is 25.9 Å². The number of hydrazone groups is 2. The Balaban J connectivity index is 1.89. The number of benzene rings is 1. The summed E-state index contributed by atoms with van der Waals surface area (Å²) in [6.07, 6.45) is -3.31. The van der Waals surface area contributed by atoms with E-state index in [1.54, 1.807) is 6.92 Å². The zero-order valence-corrected chi connectivity index (χ0v) is 12.7. The van der Waals surface area contributed by atoms with Crippen LogP contribution in [0.3, 0.4) is 0 Å². The number of carbonyl (C=O) groups is 2. The summed E-state index contributed by atoms with van der Waals surface area (Å²) in [6.45, 7) is 1.67. The topological polar surface area (TPSA) is 82.9 Å². The number of carbonyl (C=O) groups excluding carboxylic acids is 2. The van der Waals surface area contributed by atoms with Crippen LogP contribution in [0.15, 0.2) is 34.5 Å². The normalized spacial score (nSPS) is 17.8. The van der Waals surface area contributed by atoms with Gasteiger partial charge >= 0.3 is 6.18 Å². The van der Waals surface area contributed by atoms with E-state index in [-0.39, 0.29) is 24.3 Å². The third-order valence-corrected chi connectivity index (χ3v) is 3.48. The van der Waals surface area contributed by atoms with Crippen LogP contribution in [0.1, 0.15) is 30.9 Å².